The van der Waals surface area contributed by atoms with Gasteiger partial charge in [-0.05, 0) is 30.2 Å². The molecule has 17 heavy (non-hydrogen) atoms. The molecule has 0 spiro atoms. The molecule has 0 aromatic heterocycles. The van der Waals surface area contributed by atoms with Gasteiger partial charge in [-0.3, -0.25) is 0 Å². The van der Waals surface area contributed by atoms with Gasteiger partial charge in [-0.15, -0.1) is 0 Å². The van der Waals surface area contributed by atoms with Crippen LogP contribution >= 0.6 is 0 Å². The maximum absolute atomic E-state index is 9.29. The first-order valence-electron chi connectivity index (χ1n) is 6.62. The summed E-state index contributed by atoms with van der Waals surface area (Å²) in [6.45, 7) is 4.55. The van der Waals surface area contributed by atoms with Crippen molar-refractivity contribution in [1.29, 1.82) is 0 Å². The van der Waals surface area contributed by atoms with Gasteiger partial charge in [0.05, 0.1) is 6.61 Å². The zero-order valence-electron chi connectivity index (χ0n) is 10.8. The first-order valence-corrected chi connectivity index (χ1v) is 6.62. The summed E-state index contributed by atoms with van der Waals surface area (Å²) in [5, 5.41) is 12.8. The summed E-state index contributed by atoms with van der Waals surface area (Å²) in [7, 11) is 0. The van der Waals surface area contributed by atoms with E-state index in [0.717, 1.165) is 0 Å². The van der Waals surface area contributed by atoms with Crippen LogP contribution in [0.25, 0.3) is 0 Å². The highest BCUT2D eigenvalue weighted by atomic mass is 16.3. The molecule has 1 aromatic rings. The van der Waals surface area contributed by atoms with Crippen molar-refractivity contribution >= 4 is 0 Å². The highest BCUT2D eigenvalue weighted by Gasteiger charge is 2.31. The molecule has 0 unspecified atom stereocenters. The predicted octanol–water partition coefficient (Wildman–Crippen LogP) is 2.54. The summed E-state index contributed by atoms with van der Waals surface area (Å²) >= 11 is 0. The molecule has 1 aliphatic rings. The Hall–Kier alpha value is -0.860. The van der Waals surface area contributed by atoms with E-state index in [1.165, 1.54) is 18.4 Å². The van der Waals surface area contributed by atoms with Crippen LogP contribution in [0.15, 0.2) is 30.3 Å². The Morgan fingerprint density at radius 3 is 2.41 bits per heavy atom. The average molecular weight is 233 g/mol. The van der Waals surface area contributed by atoms with Crippen molar-refractivity contribution in [1.82, 2.24) is 5.32 Å². The lowest BCUT2D eigenvalue weighted by Gasteiger charge is -2.39. The number of nitrogens with one attached hydrogen (secondary N) is 1. The molecule has 0 heterocycles. The summed E-state index contributed by atoms with van der Waals surface area (Å²) in [6, 6.07) is 11.6. The molecule has 2 heteroatoms. The van der Waals surface area contributed by atoms with Gasteiger partial charge in [-0.25, -0.2) is 0 Å². The fourth-order valence-electron chi connectivity index (χ4n) is 2.51. The number of hydrogen-bond acceptors (Lipinski definition) is 2. The topological polar surface area (TPSA) is 32.3 Å². The summed E-state index contributed by atoms with van der Waals surface area (Å²) in [4.78, 5) is 0. The monoisotopic (exact) mass is 233 g/mol. The van der Waals surface area contributed by atoms with Gasteiger partial charge in [-0.2, -0.15) is 0 Å². The van der Waals surface area contributed by atoms with E-state index in [9.17, 15) is 5.11 Å². The van der Waals surface area contributed by atoms with Crippen LogP contribution < -0.4 is 5.32 Å². The Morgan fingerprint density at radius 2 is 1.88 bits per heavy atom. The molecule has 94 valence electrons. The smallest absolute Gasteiger partial charge is 0.0587 e. The molecule has 2 N–H and O–H groups in total. The van der Waals surface area contributed by atoms with Gasteiger partial charge in [0, 0.05) is 12.1 Å². The van der Waals surface area contributed by atoms with Crippen molar-refractivity contribution in [2.24, 2.45) is 5.92 Å². The molecule has 2 rings (SSSR count). The van der Waals surface area contributed by atoms with E-state index in [1.807, 2.05) is 0 Å². The molecular formula is C15H23NO. The lowest BCUT2D eigenvalue weighted by molar-refractivity contribution is 0.169. The van der Waals surface area contributed by atoms with E-state index >= 15 is 0 Å². The van der Waals surface area contributed by atoms with Crippen molar-refractivity contribution in [2.45, 2.75) is 44.7 Å². The van der Waals surface area contributed by atoms with E-state index in [4.69, 9.17) is 0 Å². The Labute approximate surface area is 104 Å². The zero-order chi connectivity index (χ0) is 12.3. The fourth-order valence-corrected chi connectivity index (χ4v) is 2.51. The summed E-state index contributed by atoms with van der Waals surface area (Å²) < 4.78 is 0. The van der Waals surface area contributed by atoms with Crippen LogP contribution in [0.3, 0.4) is 0 Å². The molecule has 1 fully saturated rings. The van der Waals surface area contributed by atoms with Crippen molar-refractivity contribution in [3.63, 3.8) is 0 Å². The second-order valence-electron chi connectivity index (χ2n) is 5.48. The standard InChI is InChI=1S/C15H23NO/c1-11(2)15(10-17)16-14-8-13(9-14)12-6-4-3-5-7-12/h3-7,11,13-17H,8-10H2,1-2H3/t13?,14?,15-/m1/s1. The molecule has 0 saturated heterocycles. The Balaban J connectivity index is 1.79. The zero-order valence-corrected chi connectivity index (χ0v) is 10.8. The molecule has 2 nitrogen and oxygen atoms in total. The second-order valence-corrected chi connectivity index (χ2v) is 5.48. The molecule has 1 aromatic carbocycles. The van der Waals surface area contributed by atoms with E-state index in [0.29, 0.717) is 17.9 Å². The van der Waals surface area contributed by atoms with Gasteiger partial charge >= 0.3 is 0 Å². The van der Waals surface area contributed by atoms with Crippen LogP contribution in [-0.4, -0.2) is 23.8 Å². The Kier molecular flexibility index (Phi) is 4.19. The van der Waals surface area contributed by atoms with E-state index in [2.05, 4.69) is 49.5 Å². The lowest BCUT2D eigenvalue weighted by Crippen LogP contribution is -2.49. The van der Waals surface area contributed by atoms with Gasteiger partial charge in [0.15, 0.2) is 0 Å². The van der Waals surface area contributed by atoms with Crippen molar-refractivity contribution in [3.8, 4) is 0 Å². The van der Waals surface area contributed by atoms with Crippen molar-refractivity contribution in [3.05, 3.63) is 35.9 Å². The normalized spacial score (nSPS) is 25.6. The third-order valence-electron chi connectivity index (χ3n) is 3.86. The number of aliphatic hydroxyl groups is 1. The maximum Gasteiger partial charge on any atom is 0.0587 e. The van der Waals surface area contributed by atoms with Gasteiger partial charge in [0.1, 0.15) is 0 Å². The number of aliphatic hydroxyl groups excluding tert-OH is 1. The molecular weight excluding hydrogens is 210 g/mol. The summed E-state index contributed by atoms with van der Waals surface area (Å²) in [5.74, 6) is 1.20. The van der Waals surface area contributed by atoms with E-state index < -0.39 is 0 Å². The predicted molar refractivity (Wildman–Crippen MR) is 71.1 cm³/mol. The van der Waals surface area contributed by atoms with E-state index in [-0.39, 0.29) is 12.6 Å². The quantitative estimate of drug-likeness (QED) is 0.819. The molecule has 1 saturated carbocycles. The minimum Gasteiger partial charge on any atom is -0.395 e. The van der Waals surface area contributed by atoms with Crippen molar-refractivity contribution in [2.75, 3.05) is 6.61 Å². The number of benzene rings is 1. The molecule has 0 aliphatic heterocycles. The van der Waals surface area contributed by atoms with Gasteiger partial charge < -0.3 is 10.4 Å². The lowest BCUT2D eigenvalue weighted by atomic mass is 9.75. The minimum atomic E-state index is 0.240. The molecule has 0 amide bonds. The molecule has 0 bridgehead atoms. The van der Waals surface area contributed by atoms with Gasteiger partial charge in [0.2, 0.25) is 0 Å². The number of hydrogen-bond donors (Lipinski definition) is 2. The minimum absolute atomic E-state index is 0.240. The van der Waals surface area contributed by atoms with Crippen LogP contribution in [0.5, 0.6) is 0 Å². The van der Waals surface area contributed by atoms with Crippen LogP contribution in [0.1, 0.15) is 38.2 Å². The Bertz CT molecular complexity index is 330. The average Bonchev–Trinajstić information content (AvgIpc) is 2.28. The second kappa shape index (κ2) is 5.65. The first-order chi connectivity index (χ1) is 8.20. The maximum atomic E-state index is 9.29. The third-order valence-corrected chi connectivity index (χ3v) is 3.86. The summed E-state index contributed by atoms with van der Waals surface area (Å²) in [6.07, 6.45) is 2.40. The third kappa shape index (κ3) is 3.08. The largest absolute Gasteiger partial charge is 0.395 e. The van der Waals surface area contributed by atoms with Gasteiger partial charge in [-0.1, -0.05) is 44.2 Å². The van der Waals surface area contributed by atoms with Gasteiger partial charge in [0.25, 0.3) is 0 Å². The fraction of sp³-hybridized carbons (Fsp3) is 0.600. The molecule has 1 aliphatic carbocycles. The highest BCUT2D eigenvalue weighted by Crippen LogP contribution is 2.37. The molecule has 1 atom stereocenters. The van der Waals surface area contributed by atoms with Crippen LogP contribution in [0, 0.1) is 5.92 Å². The van der Waals surface area contributed by atoms with Crippen molar-refractivity contribution < 1.29 is 5.11 Å². The van der Waals surface area contributed by atoms with Crippen LogP contribution in [0.2, 0.25) is 0 Å². The summed E-state index contributed by atoms with van der Waals surface area (Å²) in [5.41, 5.74) is 1.45. The van der Waals surface area contributed by atoms with E-state index in [1.54, 1.807) is 0 Å². The first kappa shape index (κ1) is 12.6. The SMILES string of the molecule is CC(C)[C@@H](CO)NC1CC(c2ccccc2)C1. The molecule has 0 radical (unpaired) electrons. The van der Waals surface area contributed by atoms with Crippen LogP contribution in [0.4, 0.5) is 0 Å². The Morgan fingerprint density at radius 1 is 1.24 bits per heavy atom. The highest BCUT2D eigenvalue weighted by molar-refractivity contribution is 5.22. The number of rotatable bonds is 5. The van der Waals surface area contributed by atoms with Crippen LogP contribution in [-0.2, 0) is 0 Å².